The van der Waals surface area contributed by atoms with Crippen molar-refractivity contribution in [3.05, 3.63) is 40.9 Å². The lowest BCUT2D eigenvalue weighted by atomic mass is 9.92. The highest BCUT2D eigenvalue weighted by atomic mass is 16.2. The molecule has 2 amide bonds. The number of carbonyl (C=O) groups is 2. The number of aromatic nitrogens is 2. The van der Waals surface area contributed by atoms with Gasteiger partial charge in [0.25, 0.3) is 5.56 Å². The number of piperidine rings is 1. The van der Waals surface area contributed by atoms with Crippen molar-refractivity contribution in [3.8, 4) is 0 Å². The molecule has 0 saturated carbocycles. The molecule has 0 spiro atoms. The minimum atomic E-state index is -0.379. The Labute approximate surface area is 152 Å². The van der Waals surface area contributed by atoms with E-state index in [1.165, 1.54) is 10.9 Å². The Morgan fingerprint density at radius 1 is 1.19 bits per heavy atom. The van der Waals surface area contributed by atoms with Crippen LogP contribution in [0, 0.1) is 11.8 Å². The van der Waals surface area contributed by atoms with Crippen LogP contribution in [-0.2, 0) is 16.1 Å². The van der Waals surface area contributed by atoms with Crippen LogP contribution in [-0.4, -0.2) is 45.9 Å². The highest BCUT2D eigenvalue weighted by Gasteiger charge is 2.25. The third-order valence-electron chi connectivity index (χ3n) is 4.70. The van der Waals surface area contributed by atoms with Gasteiger partial charge >= 0.3 is 0 Å². The van der Waals surface area contributed by atoms with Crippen molar-refractivity contribution in [1.82, 2.24) is 19.8 Å². The molecular formula is C19H24N4O3. The predicted octanol–water partition coefficient (Wildman–Crippen LogP) is 1.02. The topological polar surface area (TPSA) is 84.3 Å². The smallest absolute Gasteiger partial charge is 0.261 e. The number of likely N-dealkylation sites (tertiary alicyclic amines) is 1. The summed E-state index contributed by atoms with van der Waals surface area (Å²) in [5, 5.41) is 3.08. The first kappa shape index (κ1) is 18.1. The number of amides is 2. The molecule has 138 valence electrons. The second-order valence-corrected chi connectivity index (χ2v) is 7.22. The molecule has 1 N–H and O–H groups in total. The van der Waals surface area contributed by atoms with E-state index in [4.69, 9.17) is 0 Å². The highest BCUT2D eigenvalue weighted by molar-refractivity contribution is 5.85. The van der Waals surface area contributed by atoms with Gasteiger partial charge in [-0.15, -0.1) is 0 Å². The molecule has 2 unspecified atom stereocenters. The van der Waals surface area contributed by atoms with E-state index in [2.05, 4.69) is 24.1 Å². The van der Waals surface area contributed by atoms with Crippen molar-refractivity contribution >= 4 is 22.7 Å². The van der Waals surface area contributed by atoms with Crippen molar-refractivity contribution in [2.45, 2.75) is 26.8 Å². The number of carbonyl (C=O) groups excluding carboxylic acids is 2. The van der Waals surface area contributed by atoms with Gasteiger partial charge in [0.2, 0.25) is 11.8 Å². The molecule has 2 aromatic rings. The summed E-state index contributed by atoms with van der Waals surface area (Å²) in [6, 6.07) is 7.00. The second kappa shape index (κ2) is 7.68. The van der Waals surface area contributed by atoms with Crippen LogP contribution in [0.1, 0.15) is 20.3 Å². The molecule has 0 radical (unpaired) electrons. The molecule has 1 fully saturated rings. The molecule has 1 aromatic carbocycles. The van der Waals surface area contributed by atoms with Gasteiger partial charge in [-0.2, -0.15) is 0 Å². The lowest BCUT2D eigenvalue weighted by Crippen LogP contribution is -2.47. The van der Waals surface area contributed by atoms with E-state index in [0.29, 0.717) is 22.7 Å². The summed E-state index contributed by atoms with van der Waals surface area (Å²) in [6.07, 6.45) is 2.48. The fraction of sp³-hybridized carbons (Fsp3) is 0.474. The van der Waals surface area contributed by atoms with Crippen molar-refractivity contribution in [2.24, 2.45) is 11.8 Å². The normalized spacial score (nSPS) is 20.2. The summed E-state index contributed by atoms with van der Waals surface area (Å²) >= 11 is 0. The van der Waals surface area contributed by atoms with E-state index < -0.39 is 0 Å². The number of hydrogen-bond donors (Lipinski definition) is 1. The molecule has 7 heteroatoms. The van der Waals surface area contributed by atoms with Crippen LogP contribution in [0.15, 0.2) is 35.4 Å². The van der Waals surface area contributed by atoms with Gasteiger partial charge in [0.15, 0.2) is 0 Å². The van der Waals surface area contributed by atoms with E-state index >= 15 is 0 Å². The molecule has 26 heavy (non-hydrogen) atoms. The molecule has 1 aliphatic heterocycles. The Balaban J connectivity index is 1.58. The number of rotatable bonds is 4. The highest BCUT2D eigenvalue weighted by Crippen LogP contribution is 2.20. The lowest BCUT2D eigenvalue weighted by Gasteiger charge is -2.35. The SMILES string of the molecule is CC1CC(C)CN(C(=O)CNC(=O)Cn2cnc3ccccc3c2=O)C1. The van der Waals surface area contributed by atoms with Crippen molar-refractivity contribution in [2.75, 3.05) is 19.6 Å². The second-order valence-electron chi connectivity index (χ2n) is 7.22. The fourth-order valence-corrected chi connectivity index (χ4v) is 3.58. The minimum absolute atomic E-state index is 0.0476. The van der Waals surface area contributed by atoms with E-state index in [-0.39, 0.29) is 30.5 Å². The van der Waals surface area contributed by atoms with Crippen LogP contribution in [0.3, 0.4) is 0 Å². The monoisotopic (exact) mass is 356 g/mol. The number of nitrogens with one attached hydrogen (secondary N) is 1. The largest absolute Gasteiger partial charge is 0.345 e. The Morgan fingerprint density at radius 2 is 1.88 bits per heavy atom. The maximum absolute atomic E-state index is 12.4. The summed E-state index contributed by atoms with van der Waals surface area (Å²) < 4.78 is 1.26. The maximum atomic E-state index is 12.4. The summed E-state index contributed by atoms with van der Waals surface area (Å²) in [4.78, 5) is 42.9. The van der Waals surface area contributed by atoms with E-state index in [0.717, 1.165) is 19.5 Å². The minimum Gasteiger partial charge on any atom is -0.345 e. The molecule has 3 rings (SSSR count). The Morgan fingerprint density at radius 3 is 2.62 bits per heavy atom. The number of hydrogen-bond acceptors (Lipinski definition) is 4. The van der Waals surface area contributed by atoms with E-state index in [1.54, 1.807) is 24.3 Å². The van der Waals surface area contributed by atoms with Gasteiger partial charge in [0, 0.05) is 13.1 Å². The average Bonchev–Trinajstić information content (AvgIpc) is 2.61. The number of benzene rings is 1. The number of para-hydroxylation sites is 1. The molecule has 2 atom stereocenters. The zero-order valence-electron chi connectivity index (χ0n) is 15.1. The van der Waals surface area contributed by atoms with Gasteiger partial charge in [0.1, 0.15) is 6.54 Å². The molecule has 7 nitrogen and oxygen atoms in total. The number of fused-ring (bicyclic) bond motifs is 1. The molecule has 1 aromatic heterocycles. The molecule has 0 aliphatic carbocycles. The Hall–Kier alpha value is -2.70. The van der Waals surface area contributed by atoms with Crippen molar-refractivity contribution in [3.63, 3.8) is 0 Å². The van der Waals surface area contributed by atoms with Gasteiger partial charge in [-0.3, -0.25) is 19.0 Å². The van der Waals surface area contributed by atoms with Gasteiger partial charge in [-0.05, 0) is 30.4 Å². The molecular weight excluding hydrogens is 332 g/mol. The third-order valence-corrected chi connectivity index (χ3v) is 4.70. The maximum Gasteiger partial charge on any atom is 0.261 e. The van der Waals surface area contributed by atoms with Crippen LogP contribution in [0.5, 0.6) is 0 Å². The first-order valence-corrected chi connectivity index (χ1v) is 8.92. The summed E-state index contributed by atoms with van der Waals surface area (Å²) in [7, 11) is 0. The van der Waals surface area contributed by atoms with Crippen molar-refractivity contribution in [1.29, 1.82) is 0 Å². The van der Waals surface area contributed by atoms with E-state index in [9.17, 15) is 14.4 Å². The summed E-state index contributed by atoms with van der Waals surface area (Å²) in [5.74, 6) is 0.484. The van der Waals surface area contributed by atoms with Crippen molar-refractivity contribution < 1.29 is 9.59 Å². The van der Waals surface area contributed by atoms with Crippen LogP contribution >= 0.6 is 0 Å². The molecule has 0 bridgehead atoms. The molecule has 1 saturated heterocycles. The van der Waals surface area contributed by atoms with E-state index in [1.807, 2.05) is 4.90 Å². The summed E-state index contributed by atoms with van der Waals surface area (Å²) in [5.41, 5.74) is 0.327. The quantitative estimate of drug-likeness (QED) is 0.886. The first-order valence-electron chi connectivity index (χ1n) is 8.92. The first-order chi connectivity index (χ1) is 12.4. The summed E-state index contributed by atoms with van der Waals surface area (Å²) in [6.45, 7) is 5.52. The standard InChI is InChI=1S/C19H24N4O3/c1-13-7-14(2)10-22(9-13)18(25)8-20-17(24)11-23-12-21-16-6-4-3-5-15(16)19(23)26/h3-6,12-14H,7-11H2,1-2H3,(H,20,24). The molecule has 2 heterocycles. The zero-order chi connectivity index (χ0) is 18.7. The van der Waals surface area contributed by atoms with Crippen LogP contribution < -0.4 is 10.9 Å². The van der Waals surface area contributed by atoms with Gasteiger partial charge in [-0.25, -0.2) is 4.98 Å². The van der Waals surface area contributed by atoms with Gasteiger partial charge in [-0.1, -0.05) is 26.0 Å². The van der Waals surface area contributed by atoms with Gasteiger partial charge in [0.05, 0.1) is 23.8 Å². The Bertz CT molecular complexity index is 866. The molecule has 1 aliphatic rings. The number of nitrogens with zero attached hydrogens (tertiary/aromatic N) is 3. The average molecular weight is 356 g/mol. The van der Waals surface area contributed by atoms with Crippen LogP contribution in [0.4, 0.5) is 0 Å². The fourth-order valence-electron chi connectivity index (χ4n) is 3.58. The lowest BCUT2D eigenvalue weighted by molar-refractivity contribution is -0.135. The Kier molecular flexibility index (Phi) is 5.35. The zero-order valence-corrected chi connectivity index (χ0v) is 15.1. The van der Waals surface area contributed by atoms with Crippen LogP contribution in [0.2, 0.25) is 0 Å². The van der Waals surface area contributed by atoms with Crippen LogP contribution in [0.25, 0.3) is 10.9 Å². The van der Waals surface area contributed by atoms with Gasteiger partial charge < -0.3 is 10.2 Å². The third kappa shape index (κ3) is 4.09. The predicted molar refractivity (Wildman–Crippen MR) is 98.5 cm³/mol.